The molecule has 0 aliphatic heterocycles. The Morgan fingerprint density at radius 3 is 2.21 bits per heavy atom. The van der Waals surface area contributed by atoms with Gasteiger partial charge in [-0.25, -0.2) is 18.0 Å². The molecule has 2 N–H and O–H groups in total. The van der Waals surface area contributed by atoms with Gasteiger partial charge >= 0.3 is 5.97 Å². The monoisotopic (exact) mass is 472 g/mol. The number of esters is 1. The normalized spacial score (nSPS) is 10.3. The number of benzene rings is 3. The minimum Gasteiger partial charge on any atom is -0.489 e. The highest BCUT2D eigenvalue weighted by molar-refractivity contribution is 5.95. The van der Waals surface area contributed by atoms with Crippen molar-refractivity contribution in [2.75, 3.05) is 18.5 Å². The zero-order chi connectivity index (χ0) is 24.5. The third-order valence-corrected chi connectivity index (χ3v) is 4.43. The van der Waals surface area contributed by atoms with Crippen molar-refractivity contribution in [1.82, 2.24) is 5.32 Å². The molecule has 0 aromatic heterocycles. The van der Waals surface area contributed by atoms with Crippen molar-refractivity contribution in [3.63, 3.8) is 0 Å². The Balaban J connectivity index is 1.40. The summed E-state index contributed by atoms with van der Waals surface area (Å²) >= 11 is 0. The molecule has 0 spiro atoms. The first-order valence-corrected chi connectivity index (χ1v) is 9.97. The van der Waals surface area contributed by atoms with E-state index >= 15 is 0 Å². The molecule has 0 aliphatic rings. The summed E-state index contributed by atoms with van der Waals surface area (Å²) < 4.78 is 50.1. The second kappa shape index (κ2) is 11.5. The van der Waals surface area contributed by atoms with E-state index in [4.69, 9.17) is 9.47 Å². The van der Waals surface area contributed by atoms with Gasteiger partial charge in [-0.15, -0.1) is 0 Å². The first kappa shape index (κ1) is 24.3. The molecule has 0 radical (unpaired) electrons. The van der Waals surface area contributed by atoms with Crippen LogP contribution in [0, 0.1) is 17.5 Å². The maximum absolute atomic E-state index is 13.6. The number of hydrogen-bond acceptors (Lipinski definition) is 5. The zero-order valence-electron chi connectivity index (χ0n) is 17.6. The molecule has 0 atom stereocenters. The number of rotatable bonds is 9. The highest BCUT2D eigenvalue weighted by atomic mass is 19.2. The molecule has 0 unspecified atom stereocenters. The Labute approximate surface area is 192 Å². The Morgan fingerprint density at radius 2 is 1.50 bits per heavy atom. The fraction of sp³-hybridized carbons (Fsp3) is 0.125. The van der Waals surface area contributed by atoms with Crippen LogP contribution in [0.3, 0.4) is 0 Å². The maximum atomic E-state index is 13.6. The van der Waals surface area contributed by atoms with Crippen molar-refractivity contribution < 1.29 is 37.0 Å². The van der Waals surface area contributed by atoms with E-state index in [-0.39, 0.29) is 5.56 Å². The smallest absolute Gasteiger partial charge is 0.338 e. The molecular formula is C24H19F3N2O5. The zero-order valence-corrected chi connectivity index (χ0v) is 17.6. The topological polar surface area (TPSA) is 93.7 Å². The van der Waals surface area contributed by atoms with E-state index in [2.05, 4.69) is 5.32 Å². The number of anilines is 1. The summed E-state index contributed by atoms with van der Waals surface area (Å²) in [5.41, 5.74) is 0.591. The fourth-order valence-corrected chi connectivity index (χ4v) is 2.69. The van der Waals surface area contributed by atoms with E-state index in [0.717, 1.165) is 11.6 Å². The van der Waals surface area contributed by atoms with Crippen molar-refractivity contribution >= 4 is 23.5 Å². The highest BCUT2D eigenvalue weighted by Crippen LogP contribution is 2.19. The summed E-state index contributed by atoms with van der Waals surface area (Å²) in [6.45, 7) is -0.915. The molecule has 0 bridgehead atoms. The van der Waals surface area contributed by atoms with Crippen LogP contribution in [0.5, 0.6) is 5.75 Å². The fourth-order valence-electron chi connectivity index (χ4n) is 2.69. The van der Waals surface area contributed by atoms with Crippen molar-refractivity contribution in [3.8, 4) is 5.75 Å². The first-order valence-electron chi connectivity index (χ1n) is 9.97. The molecule has 7 nitrogen and oxygen atoms in total. The van der Waals surface area contributed by atoms with Gasteiger partial charge in [-0.05, 0) is 42.0 Å². The first-order chi connectivity index (χ1) is 16.3. The average Bonchev–Trinajstić information content (AvgIpc) is 2.86. The minimum atomic E-state index is -1.73. The van der Waals surface area contributed by atoms with E-state index < -0.39 is 54.1 Å². The molecule has 176 valence electrons. The SMILES string of the molecule is O=C(COC(=O)c1ccc(OCc2ccccc2)cc1)NCC(=O)Nc1ccc(F)c(F)c1F. The Hall–Kier alpha value is -4.34. The number of ether oxygens (including phenoxy) is 2. The van der Waals surface area contributed by atoms with Crippen molar-refractivity contribution in [3.05, 3.63) is 95.3 Å². The van der Waals surface area contributed by atoms with Crippen LogP contribution in [-0.2, 0) is 20.9 Å². The number of carbonyl (C=O) groups excluding carboxylic acids is 3. The van der Waals surface area contributed by atoms with Gasteiger partial charge in [0.1, 0.15) is 12.4 Å². The van der Waals surface area contributed by atoms with Crippen molar-refractivity contribution in [1.29, 1.82) is 0 Å². The number of carbonyl (C=O) groups is 3. The van der Waals surface area contributed by atoms with E-state index in [0.29, 0.717) is 18.4 Å². The third kappa shape index (κ3) is 6.83. The molecule has 3 aromatic carbocycles. The van der Waals surface area contributed by atoms with Crippen LogP contribution in [0.1, 0.15) is 15.9 Å². The van der Waals surface area contributed by atoms with Gasteiger partial charge in [0.05, 0.1) is 17.8 Å². The van der Waals surface area contributed by atoms with E-state index in [1.54, 1.807) is 12.1 Å². The van der Waals surface area contributed by atoms with E-state index in [1.807, 2.05) is 35.6 Å². The average molecular weight is 472 g/mol. The maximum Gasteiger partial charge on any atom is 0.338 e. The molecule has 2 amide bonds. The van der Waals surface area contributed by atoms with Crippen LogP contribution in [0.2, 0.25) is 0 Å². The van der Waals surface area contributed by atoms with Crippen molar-refractivity contribution in [2.45, 2.75) is 6.61 Å². The second-order valence-electron chi connectivity index (χ2n) is 6.92. The minimum absolute atomic E-state index is 0.186. The van der Waals surface area contributed by atoms with Crippen LogP contribution >= 0.6 is 0 Å². The lowest BCUT2D eigenvalue weighted by Gasteiger charge is -2.09. The van der Waals surface area contributed by atoms with E-state index in [1.165, 1.54) is 12.1 Å². The Morgan fingerprint density at radius 1 is 0.794 bits per heavy atom. The summed E-state index contributed by atoms with van der Waals surface area (Å²) in [5, 5.41) is 4.15. The quantitative estimate of drug-likeness (QED) is 0.367. The van der Waals surface area contributed by atoms with Gasteiger partial charge in [-0.1, -0.05) is 30.3 Å². The number of halogens is 3. The number of nitrogens with one attached hydrogen (secondary N) is 2. The molecule has 0 heterocycles. The molecule has 34 heavy (non-hydrogen) atoms. The van der Waals surface area contributed by atoms with Crippen molar-refractivity contribution in [2.24, 2.45) is 0 Å². The molecule has 0 fully saturated rings. The summed E-state index contributed by atoms with van der Waals surface area (Å²) in [4.78, 5) is 35.7. The summed E-state index contributed by atoms with van der Waals surface area (Å²) in [6, 6.07) is 17.1. The highest BCUT2D eigenvalue weighted by Gasteiger charge is 2.16. The predicted octanol–water partition coefficient (Wildman–Crippen LogP) is 3.59. The Bertz CT molecular complexity index is 1170. The van der Waals surface area contributed by atoms with Crippen LogP contribution in [0.25, 0.3) is 0 Å². The summed E-state index contributed by atoms with van der Waals surface area (Å²) in [7, 11) is 0. The van der Waals surface area contributed by atoms with Crippen LogP contribution in [0.4, 0.5) is 18.9 Å². The van der Waals surface area contributed by atoms with Gasteiger partial charge in [0.15, 0.2) is 24.1 Å². The number of amides is 2. The third-order valence-electron chi connectivity index (χ3n) is 4.43. The number of hydrogen-bond donors (Lipinski definition) is 2. The molecular weight excluding hydrogens is 453 g/mol. The molecule has 0 aliphatic carbocycles. The lowest BCUT2D eigenvalue weighted by Crippen LogP contribution is -2.35. The van der Waals surface area contributed by atoms with Gasteiger partial charge in [-0.2, -0.15) is 0 Å². The predicted molar refractivity (Wildman–Crippen MR) is 115 cm³/mol. The van der Waals surface area contributed by atoms with Gasteiger partial charge in [-0.3, -0.25) is 9.59 Å². The molecule has 3 rings (SSSR count). The Kier molecular flexibility index (Phi) is 8.22. The van der Waals surface area contributed by atoms with Crippen LogP contribution in [0.15, 0.2) is 66.7 Å². The van der Waals surface area contributed by atoms with Crippen LogP contribution in [-0.4, -0.2) is 30.9 Å². The molecule has 10 heteroatoms. The molecule has 0 saturated heterocycles. The molecule has 0 saturated carbocycles. The largest absolute Gasteiger partial charge is 0.489 e. The molecule has 3 aromatic rings. The lowest BCUT2D eigenvalue weighted by molar-refractivity contribution is -0.126. The van der Waals surface area contributed by atoms with Gasteiger partial charge in [0, 0.05) is 0 Å². The van der Waals surface area contributed by atoms with Gasteiger partial charge < -0.3 is 20.1 Å². The lowest BCUT2D eigenvalue weighted by atomic mass is 10.2. The summed E-state index contributed by atoms with van der Waals surface area (Å²) in [5.74, 6) is -6.61. The van der Waals surface area contributed by atoms with Crippen LogP contribution < -0.4 is 15.4 Å². The van der Waals surface area contributed by atoms with Gasteiger partial charge in [0.25, 0.3) is 5.91 Å². The second-order valence-corrected chi connectivity index (χ2v) is 6.92. The van der Waals surface area contributed by atoms with Gasteiger partial charge in [0.2, 0.25) is 5.91 Å². The standard InChI is InChI=1S/C24H19F3N2O5/c25-18-10-11-19(23(27)22(18)26)29-20(30)12-28-21(31)14-34-24(32)16-6-8-17(9-7-16)33-13-15-4-2-1-3-5-15/h1-11H,12-14H2,(H,28,31)(H,29,30). The van der Waals surface area contributed by atoms with E-state index in [9.17, 15) is 27.6 Å². The summed E-state index contributed by atoms with van der Waals surface area (Å²) in [6.07, 6.45) is 0.